The van der Waals surface area contributed by atoms with E-state index in [0.717, 1.165) is 16.3 Å². The van der Waals surface area contributed by atoms with E-state index in [9.17, 15) is 14.0 Å². The minimum atomic E-state index is -0.927. The molecule has 0 spiro atoms. The van der Waals surface area contributed by atoms with E-state index >= 15 is 0 Å². The highest BCUT2D eigenvalue weighted by Gasteiger charge is 2.19. The molecule has 0 aliphatic rings. The van der Waals surface area contributed by atoms with Crippen molar-refractivity contribution < 1.29 is 23.5 Å². The van der Waals surface area contributed by atoms with E-state index in [-0.39, 0.29) is 6.04 Å². The van der Waals surface area contributed by atoms with Gasteiger partial charge in [0.2, 0.25) is 0 Å². The van der Waals surface area contributed by atoms with Crippen molar-refractivity contribution in [2.45, 2.75) is 26.0 Å². The summed E-state index contributed by atoms with van der Waals surface area (Å²) in [4.78, 5) is 24.3. The Morgan fingerprint density at radius 3 is 2.41 bits per heavy atom. The van der Waals surface area contributed by atoms with Crippen LogP contribution in [0.25, 0.3) is 10.8 Å². The van der Waals surface area contributed by atoms with Crippen molar-refractivity contribution in [2.75, 3.05) is 6.61 Å². The van der Waals surface area contributed by atoms with Gasteiger partial charge >= 0.3 is 5.97 Å². The van der Waals surface area contributed by atoms with Crippen molar-refractivity contribution in [1.29, 1.82) is 0 Å². The van der Waals surface area contributed by atoms with Crippen LogP contribution in [0, 0.1) is 5.82 Å². The first-order valence-corrected chi connectivity index (χ1v) is 9.30. The highest BCUT2D eigenvalue weighted by atomic mass is 19.1. The highest BCUT2D eigenvalue weighted by Crippen LogP contribution is 2.24. The molecule has 0 saturated carbocycles. The minimum Gasteiger partial charge on any atom is -0.479 e. The van der Waals surface area contributed by atoms with Gasteiger partial charge in [-0.25, -0.2) is 9.18 Å². The lowest BCUT2D eigenvalue weighted by Gasteiger charge is -2.17. The van der Waals surface area contributed by atoms with Crippen LogP contribution in [0.1, 0.15) is 25.5 Å². The second kappa shape index (κ2) is 9.19. The summed E-state index contributed by atoms with van der Waals surface area (Å²) < 4.78 is 23.3. The third kappa shape index (κ3) is 5.31. The summed E-state index contributed by atoms with van der Waals surface area (Å²) in [5.74, 6) is -1.15. The first-order chi connectivity index (χ1) is 13.9. The number of esters is 1. The van der Waals surface area contributed by atoms with Gasteiger partial charge in [-0.15, -0.1) is 0 Å². The van der Waals surface area contributed by atoms with E-state index in [1.54, 1.807) is 0 Å². The molecule has 0 fully saturated rings. The van der Waals surface area contributed by atoms with Crippen molar-refractivity contribution >= 4 is 22.6 Å². The van der Waals surface area contributed by atoms with Crippen molar-refractivity contribution in [3.8, 4) is 5.75 Å². The van der Waals surface area contributed by atoms with Crippen LogP contribution in [0.5, 0.6) is 5.75 Å². The van der Waals surface area contributed by atoms with Crippen LogP contribution in [0.15, 0.2) is 66.7 Å². The van der Waals surface area contributed by atoms with Crippen LogP contribution >= 0.6 is 0 Å². The van der Waals surface area contributed by atoms with E-state index < -0.39 is 30.4 Å². The first kappa shape index (κ1) is 20.3. The number of ether oxygens (including phenoxy) is 2. The third-order valence-corrected chi connectivity index (χ3v) is 4.47. The summed E-state index contributed by atoms with van der Waals surface area (Å²) in [5.41, 5.74) is 0.982. The molecule has 0 saturated heterocycles. The van der Waals surface area contributed by atoms with Gasteiger partial charge in [0, 0.05) is 0 Å². The molecule has 0 aliphatic carbocycles. The van der Waals surface area contributed by atoms with E-state index in [1.165, 1.54) is 31.2 Å². The molecule has 2 atom stereocenters. The van der Waals surface area contributed by atoms with Crippen molar-refractivity contribution in [2.24, 2.45) is 0 Å². The van der Waals surface area contributed by atoms with Gasteiger partial charge < -0.3 is 14.8 Å². The van der Waals surface area contributed by atoms with Gasteiger partial charge in [0.25, 0.3) is 5.91 Å². The second-order valence-corrected chi connectivity index (χ2v) is 6.68. The summed E-state index contributed by atoms with van der Waals surface area (Å²) in [6.07, 6.45) is -0.927. The minimum absolute atomic E-state index is 0.250. The standard InChI is InChI=1S/C23H22FNO4/c1-15(20-9-5-7-17-6-3-4-8-21(17)20)25-22(26)14-28-23(27)16(2)29-19-12-10-18(24)11-13-19/h3-13,15-16H,14H2,1-2H3,(H,25,26)/t15-,16-/m0/s1. The van der Waals surface area contributed by atoms with Crippen molar-refractivity contribution in [1.82, 2.24) is 5.32 Å². The van der Waals surface area contributed by atoms with Crippen molar-refractivity contribution in [3.63, 3.8) is 0 Å². The summed E-state index contributed by atoms with van der Waals surface area (Å²) in [6, 6.07) is 18.9. The molecule has 1 amide bonds. The maximum atomic E-state index is 12.9. The lowest BCUT2D eigenvalue weighted by atomic mass is 10.00. The van der Waals surface area contributed by atoms with Crippen LogP contribution in [-0.4, -0.2) is 24.6 Å². The fraction of sp³-hybridized carbons (Fsp3) is 0.217. The number of hydrogen-bond acceptors (Lipinski definition) is 4. The lowest BCUT2D eigenvalue weighted by Crippen LogP contribution is -2.34. The number of benzene rings is 3. The van der Waals surface area contributed by atoms with E-state index in [0.29, 0.717) is 5.75 Å². The molecule has 0 heterocycles. The smallest absolute Gasteiger partial charge is 0.347 e. The van der Waals surface area contributed by atoms with Gasteiger partial charge in [0.15, 0.2) is 12.7 Å². The van der Waals surface area contributed by atoms with E-state index in [1.807, 2.05) is 49.4 Å². The molecule has 5 nitrogen and oxygen atoms in total. The quantitative estimate of drug-likeness (QED) is 0.610. The SMILES string of the molecule is C[C@H](Oc1ccc(F)cc1)C(=O)OCC(=O)N[C@@H](C)c1cccc2ccccc12. The Labute approximate surface area is 168 Å². The highest BCUT2D eigenvalue weighted by molar-refractivity contribution is 5.87. The van der Waals surface area contributed by atoms with Crippen LogP contribution in [-0.2, 0) is 14.3 Å². The average molecular weight is 395 g/mol. The molecule has 1 N–H and O–H groups in total. The molecule has 0 aromatic heterocycles. The average Bonchev–Trinajstić information content (AvgIpc) is 2.73. The maximum absolute atomic E-state index is 12.9. The molecule has 6 heteroatoms. The number of halogens is 1. The number of carbonyl (C=O) groups is 2. The van der Waals surface area contributed by atoms with Crippen LogP contribution in [0.2, 0.25) is 0 Å². The Hall–Kier alpha value is -3.41. The number of amides is 1. The summed E-state index contributed by atoms with van der Waals surface area (Å²) >= 11 is 0. The Kier molecular flexibility index (Phi) is 6.44. The van der Waals surface area contributed by atoms with Gasteiger partial charge in [-0.3, -0.25) is 4.79 Å². The number of nitrogens with one attached hydrogen (secondary N) is 1. The van der Waals surface area contributed by atoms with Gasteiger partial charge in [-0.05, 0) is 54.4 Å². The van der Waals surface area contributed by atoms with Crippen LogP contribution < -0.4 is 10.1 Å². The van der Waals surface area contributed by atoms with Gasteiger partial charge in [0.05, 0.1) is 6.04 Å². The van der Waals surface area contributed by atoms with E-state index in [4.69, 9.17) is 9.47 Å². The monoisotopic (exact) mass is 395 g/mol. The first-order valence-electron chi connectivity index (χ1n) is 9.30. The molecule has 150 valence electrons. The van der Waals surface area contributed by atoms with Gasteiger partial charge in [-0.2, -0.15) is 0 Å². The predicted octanol–water partition coefficient (Wildman–Crippen LogP) is 4.17. The lowest BCUT2D eigenvalue weighted by molar-refractivity contribution is -0.154. The zero-order valence-electron chi connectivity index (χ0n) is 16.2. The molecule has 0 bridgehead atoms. The number of fused-ring (bicyclic) bond motifs is 1. The molecular weight excluding hydrogens is 373 g/mol. The van der Waals surface area contributed by atoms with Crippen LogP contribution in [0.3, 0.4) is 0 Å². The molecular formula is C23H22FNO4. The molecule has 0 radical (unpaired) electrons. The van der Waals surface area contributed by atoms with E-state index in [2.05, 4.69) is 5.32 Å². The normalized spacial score (nSPS) is 12.8. The van der Waals surface area contributed by atoms with Gasteiger partial charge in [0.1, 0.15) is 11.6 Å². The fourth-order valence-corrected chi connectivity index (χ4v) is 3.01. The second-order valence-electron chi connectivity index (χ2n) is 6.68. The maximum Gasteiger partial charge on any atom is 0.347 e. The Bertz CT molecular complexity index is 998. The Balaban J connectivity index is 1.52. The molecule has 3 aromatic rings. The molecule has 0 aliphatic heterocycles. The number of hydrogen-bond donors (Lipinski definition) is 1. The summed E-state index contributed by atoms with van der Waals surface area (Å²) in [6.45, 7) is 2.97. The Morgan fingerprint density at radius 1 is 0.966 bits per heavy atom. The van der Waals surface area contributed by atoms with Gasteiger partial charge in [-0.1, -0.05) is 42.5 Å². The molecule has 29 heavy (non-hydrogen) atoms. The summed E-state index contributed by atoms with van der Waals surface area (Å²) in [5, 5.41) is 4.98. The summed E-state index contributed by atoms with van der Waals surface area (Å²) in [7, 11) is 0. The number of rotatable bonds is 7. The van der Waals surface area contributed by atoms with Crippen molar-refractivity contribution in [3.05, 3.63) is 78.1 Å². The number of carbonyl (C=O) groups excluding carboxylic acids is 2. The predicted molar refractivity (Wildman–Crippen MR) is 108 cm³/mol. The molecule has 3 aromatic carbocycles. The van der Waals surface area contributed by atoms with Crippen LogP contribution in [0.4, 0.5) is 4.39 Å². The topological polar surface area (TPSA) is 64.6 Å². The molecule has 3 rings (SSSR count). The zero-order valence-corrected chi connectivity index (χ0v) is 16.2. The zero-order chi connectivity index (χ0) is 20.8. The largest absolute Gasteiger partial charge is 0.479 e. The Morgan fingerprint density at radius 2 is 1.66 bits per heavy atom. The molecule has 0 unspecified atom stereocenters. The fourth-order valence-electron chi connectivity index (χ4n) is 3.01. The third-order valence-electron chi connectivity index (χ3n) is 4.47.